The molecule has 0 aliphatic rings. The number of carboxylic acid groups (broad SMARTS) is 2. The SMILES string of the molecule is CCO.CCO.CCO.N.O=C(O)/C=C\C(=O)O. The zero-order valence-electron chi connectivity index (χ0n) is 11.0. The summed E-state index contributed by atoms with van der Waals surface area (Å²) >= 11 is 0. The van der Waals surface area contributed by atoms with Crippen LogP contribution in [0.4, 0.5) is 0 Å². The minimum atomic E-state index is -1.26. The number of hydrogen-bond donors (Lipinski definition) is 6. The van der Waals surface area contributed by atoms with Crippen LogP contribution in [0, 0.1) is 0 Å². The second-order valence-corrected chi connectivity index (χ2v) is 1.96. The Balaban J connectivity index is -0.0000000477. The van der Waals surface area contributed by atoms with Crippen molar-refractivity contribution >= 4 is 11.9 Å². The van der Waals surface area contributed by atoms with Gasteiger partial charge in [0.25, 0.3) is 0 Å². The van der Waals surface area contributed by atoms with Crippen LogP contribution in [0.1, 0.15) is 20.8 Å². The lowest BCUT2D eigenvalue weighted by Crippen LogP contribution is -1.91. The molecule has 0 unspecified atom stereocenters. The molecule has 0 atom stereocenters. The van der Waals surface area contributed by atoms with Gasteiger partial charge in [0.2, 0.25) is 0 Å². The van der Waals surface area contributed by atoms with Crippen molar-refractivity contribution in [3.8, 4) is 0 Å². The minimum absolute atomic E-state index is 0. The van der Waals surface area contributed by atoms with Crippen molar-refractivity contribution in [1.82, 2.24) is 6.15 Å². The Kier molecular flexibility index (Phi) is 60.1. The maximum absolute atomic E-state index is 9.55. The fraction of sp³-hybridized carbons (Fsp3) is 0.600. The van der Waals surface area contributed by atoms with Crippen molar-refractivity contribution in [3.63, 3.8) is 0 Å². The Hall–Kier alpha value is -1.48. The molecule has 0 aromatic rings. The van der Waals surface area contributed by atoms with Gasteiger partial charge in [-0.05, 0) is 20.8 Å². The van der Waals surface area contributed by atoms with E-state index in [1.807, 2.05) is 0 Å². The fourth-order valence-corrected chi connectivity index (χ4v) is 0.143. The largest absolute Gasteiger partial charge is 0.478 e. The molecule has 0 bridgehead atoms. The predicted molar refractivity (Wildman–Crippen MR) is 67.7 cm³/mol. The van der Waals surface area contributed by atoms with Crippen LogP contribution in [0.2, 0.25) is 0 Å². The molecule has 0 aromatic heterocycles. The molecule has 0 aromatic carbocycles. The van der Waals surface area contributed by atoms with Gasteiger partial charge in [-0.1, -0.05) is 0 Å². The summed E-state index contributed by atoms with van der Waals surface area (Å²) in [5.41, 5.74) is 0. The van der Waals surface area contributed by atoms with Gasteiger partial charge in [0, 0.05) is 32.0 Å². The number of aliphatic carboxylic acids is 2. The molecular weight excluding hydrogens is 246 g/mol. The van der Waals surface area contributed by atoms with Gasteiger partial charge in [-0.15, -0.1) is 0 Å². The standard InChI is InChI=1S/C4H4O4.3C2H6O.H3N/c5-3(6)1-2-4(7)8;3*1-2-3;/h1-2H,(H,5,6)(H,7,8);3*3H,2H2,1H3;1H3/b2-1-;;;;. The molecule has 0 aliphatic carbocycles. The third-order valence-electron chi connectivity index (χ3n) is 0.368. The summed E-state index contributed by atoms with van der Waals surface area (Å²) in [6.07, 6.45) is 1.12. The summed E-state index contributed by atoms with van der Waals surface area (Å²) in [4.78, 5) is 19.1. The average Bonchev–Trinajstić information content (AvgIpc) is 2.18. The monoisotopic (exact) mass is 271 g/mol. The highest BCUT2D eigenvalue weighted by molar-refractivity contribution is 5.89. The Morgan fingerprint density at radius 1 is 0.778 bits per heavy atom. The smallest absolute Gasteiger partial charge is 0.328 e. The zero-order chi connectivity index (χ0) is 14.7. The first-order chi connectivity index (χ1) is 7.87. The molecule has 0 saturated heterocycles. The third-order valence-corrected chi connectivity index (χ3v) is 0.368. The molecule has 0 aliphatic heterocycles. The second-order valence-electron chi connectivity index (χ2n) is 1.96. The maximum atomic E-state index is 9.55. The van der Waals surface area contributed by atoms with Crippen molar-refractivity contribution in [1.29, 1.82) is 0 Å². The van der Waals surface area contributed by atoms with Crippen molar-refractivity contribution in [2.24, 2.45) is 0 Å². The normalized spacial score (nSPS) is 7.22. The van der Waals surface area contributed by atoms with Crippen LogP contribution in [0.25, 0.3) is 0 Å². The summed E-state index contributed by atoms with van der Waals surface area (Å²) in [5, 5.41) is 38.3. The number of aliphatic hydroxyl groups excluding tert-OH is 3. The van der Waals surface area contributed by atoms with Gasteiger partial charge in [0.15, 0.2) is 0 Å². The lowest BCUT2D eigenvalue weighted by atomic mass is 10.5. The lowest BCUT2D eigenvalue weighted by Gasteiger charge is -1.74. The van der Waals surface area contributed by atoms with Gasteiger partial charge in [-0.25, -0.2) is 9.59 Å². The molecular formula is C10H25NO7. The molecule has 8 nitrogen and oxygen atoms in total. The molecule has 0 rings (SSSR count). The van der Waals surface area contributed by atoms with Crippen LogP contribution < -0.4 is 6.15 Å². The maximum Gasteiger partial charge on any atom is 0.328 e. The summed E-state index contributed by atoms with van der Waals surface area (Å²) in [6.45, 7) is 5.79. The van der Waals surface area contributed by atoms with E-state index < -0.39 is 11.9 Å². The number of carboxylic acids is 2. The number of rotatable bonds is 2. The third kappa shape index (κ3) is 214. The van der Waals surface area contributed by atoms with Crippen molar-refractivity contribution in [2.75, 3.05) is 19.8 Å². The number of aliphatic hydroxyl groups is 3. The van der Waals surface area contributed by atoms with E-state index in [1.54, 1.807) is 20.8 Å². The van der Waals surface area contributed by atoms with Gasteiger partial charge < -0.3 is 31.7 Å². The first kappa shape index (κ1) is 30.0. The number of carbonyl (C=O) groups is 2. The molecule has 0 heterocycles. The van der Waals surface area contributed by atoms with E-state index in [9.17, 15) is 9.59 Å². The Bertz CT molecular complexity index is 162. The van der Waals surface area contributed by atoms with Gasteiger partial charge in [-0.3, -0.25) is 0 Å². The van der Waals surface area contributed by atoms with Crippen LogP contribution in [0.15, 0.2) is 12.2 Å². The Morgan fingerprint density at radius 2 is 0.889 bits per heavy atom. The fourth-order valence-electron chi connectivity index (χ4n) is 0.143. The summed E-state index contributed by atoms with van der Waals surface area (Å²) < 4.78 is 0. The summed E-state index contributed by atoms with van der Waals surface area (Å²) in [7, 11) is 0. The van der Waals surface area contributed by atoms with E-state index in [-0.39, 0.29) is 26.0 Å². The van der Waals surface area contributed by atoms with Crippen LogP contribution in [-0.4, -0.2) is 57.3 Å². The molecule has 8 N–H and O–H groups in total. The average molecular weight is 271 g/mol. The summed E-state index contributed by atoms with van der Waals surface area (Å²) in [5.74, 6) is -2.51. The Morgan fingerprint density at radius 3 is 0.944 bits per heavy atom. The Labute approximate surface area is 107 Å². The summed E-state index contributed by atoms with van der Waals surface area (Å²) in [6, 6.07) is 0. The molecule has 112 valence electrons. The molecule has 0 spiro atoms. The highest BCUT2D eigenvalue weighted by Crippen LogP contribution is 1.70. The van der Waals surface area contributed by atoms with Gasteiger partial charge in [-0.2, -0.15) is 0 Å². The highest BCUT2D eigenvalue weighted by Gasteiger charge is 1.88. The van der Waals surface area contributed by atoms with Crippen LogP contribution in [0.5, 0.6) is 0 Å². The predicted octanol–water partition coefficient (Wildman–Crippen LogP) is -0.130. The number of hydrogen-bond acceptors (Lipinski definition) is 6. The first-order valence-corrected chi connectivity index (χ1v) is 4.84. The van der Waals surface area contributed by atoms with Crippen LogP contribution >= 0.6 is 0 Å². The molecule has 0 fully saturated rings. The minimum Gasteiger partial charge on any atom is -0.478 e. The quantitative estimate of drug-likeness (QED) is 0.377. The molecule has 0 amide bonds. The van der Waals surface area contributed by atoms with Gasteiger partial charge >= 0.3 is 11.9 Å². The molecule has 18 heavy (non-hydrogen) atoms. The van der Waals surface area contributed by atoms with E-state index in [2.05, 4.69) is 0 Å². The van der Waals surface area contributed by atoms with Crippen LogP contribution in [0.3, 0.4) is 0 Å². The second kappa shape index (κ2) is 36.1. The van der Waals surface area contributed by atoms with Gasteiger partial charge in [0.1, 0.15) is 0 Å². The molecule has 8 heteroatoms. The van der Waals surface area contributed by atoms with E-state index in [0.717, 1.165) is 0 Å². The van der Waals surface area contributed by atoms with Crippen molar-refractivity contribution in [2.45, 2.75) is 20.8 Å². The van der Waals surface area contributed by atoms with Gasteiger partial charge in [0.05, 0.1) is 0 Å². The molecule has 0 saturated carbocycles. The molecule has 0 radical (unpaired) electrons. The van der Waals surface area contributed by atoms with E-state index in [0.29, 0.717) is 12.2 Å². The van der Waals surface area contributed by atoms with E-state index in [4.69, 9.17) is 25.5 Å². The van der Waals surface area contributed by atoms with Crippen molar-refractivity contribution < 1.29 is 35.1 Å². The zero-order valence-corrected chi connectivity index (χ0v) is 11.0. The van der Waals surface area contributed by atoms with E-state index in [1.165, 1.54) is 0 Å². The topological polar surface area (TPSA) is 170 Å². The first-order valence-electron chi connectivity index (χ1n) is 4.84. The lowest BCUT2D eigenvalue weighted by molar-refractivity contribution is -0.134. The van der Waals surface area contributed by atoms with Crippen LogP contribution in [-0.2, 0) is 9.59 Å². The highest BCUT2D eigenvalue weighted by atomic mass is 16.4. The van der Waals surface area contributed by atoms with Crippen molar-refractivity contribution in [3.05, 3.63) is 12.2 Å². The van der Waals surface area contributed by atoms with E-state index >= 15 is 0 Å².